The Labute approximate surface area is 210 Å². The number of nitrogens with zero attached hydrogens (tertiary/aromatic N) is 4. The summed E-state index contributed by atoms with van der Waals surface area (Å²) in [7, 11) is 2.78. The minimum absolute atomic E-state index is 0.0421. The van der Waals surface area contributed by atoms with Gasteiger partial charge in [-0.15, -0.1) is 0 Å². The van der Waals surface area contributed by atoms with Gasteiger partial charge < -0.3 is 4.90 Å². The molecule has 0 aliphatic rings. The number of hydrogen-bond acceptors (Lipinski definition) is 8. The first kappa shape index (κ1) is 27.1. The predicted octanol–water partition coefficient (Wildman–Crippen LogP) is 2.98. The highest BCUT2D eigenvalue weighted by atomic mass is 35.5. The molecule has 3 amide bonds. The molecule has 0 saturated heterocycles. The molecular formula is C22H15ClF3N5O6. The van der Waals surface area contributed by atoms with Crippen LogP contribution in [0.4, 0.5) is 18.9 Å². The van der Waals surface area contributed by atoms with Crippen molar-refractivity contribution in [1.82, 2.24) is 20.2 Å². The number of aromatic nitrogens is 2. The number of fused-ring (bicyclic) bond motifs is 1. The molecule has 0 radical (unpaired) electrons. The van der Waals surface area contributed by atoms with Crippen molar-refractivity contribution in [1.29, 1.82) is 0 Å². The number of nitrogens with one attached hydrogen (secondary N) is 1. The Balaban J connectivity index is 1.91. The van der Waals surface area contributed by atoms with Gasteiger partial charge >= 0.3 is 6.18 Å². The lowest BCUT2D eigenvalue weighted by Crippen LogP contribution is -2.37. The number of halogens is 4. The highest BCUT2D eigenvalue weighted by Crippen LogP contribution is 2.31. The minimum Gasteiger partial charge on any atom is -0.343 e. The third kappa shape index (κ3) is 6.03. The third-order valence-electron chi connectivity index (χ3n) is 4.89. The smallest absolute Gasteiger partial charge is 0.343 e. The Morgan fingerprint density at radius 3 is 2.32 bits per heavy atom. The average Bonchev–Trinajstić information content (AvgIpc) is 2.81. The van der Waals surface area contributed by atoms with Crippen molar-refractivity contribution >= 4 is 51.8 Å². The van der Waals surface area contributed by atoms with Crippen LogP contribution in [0, 0.1) is 10.1 Å². The molecule has 0 aliphatic heterocycles. The average molecular weight is 538 g/mol. The number of nitro benzene ring substituents is 1. The van der Waals surface area contributed by atoms with Crippen LogP contribution >= 0.6 is 11.6 Å². The van der Waals surface area contributed by atoms with Gasteiger partial charge in [-0.3, -0.25) is 34.6 Å². The third-order valence-corrected chi connectivity index (χ3v) is 5.22. The number of rotatable bonds is 6. The molecule has 192 valence electrons. The maximum atomic E-state index is 13.0. The van der Waals surface area contributed by atoms with E-state index in [1.165, 1.54) is 20.2 Å². The SMILES string of the molecule is CN(C)C(=O)c1nc2ccc([N+](=O)[O-])cc2nc1CC(=O)C(=O)NC(=O)c1cc(C(F)(F)F)ccc1Cl. The highest BCUT2D eigenvalue weighted by Gasteiger charge is 2.32. The van der Waals surface area contributed by atoms with Crippen LogP contribution in [-0.2, 0) is 22.2 Å². The summed E-state index contributed by atoms with van der Waals surface area (Å²) in [5.74, 6) is -4.85. The van der Waals surface area contributed by atoms with E-state index in [4.69, 9.17) is 11.6 Å². The van der Waals surface area contributed by atoms with E-state index in [1.807, 2.05) is 0 Å². The van der Waals surface area contributed by atoms with E-state index in [0.717, 1.165) is 23.1 Å². The topological polar surface area (TPSA) is 152 Å². The Hall–Kier alpha value is -4.46. The van der Waals surface area contributed by atoms with E-state index < -0.39 is 57.2 Å². The lowest BCUT2D eigenvalue weighted by Gasteiger charge is -2.13. The number of ketones is 1. The first-order chi connectivity index (χ1) is 17.2. The Kier molecular flexibility index (Phi) is 7.53. The van der Waals surface area contributed by atoms with Crippen LogP contribution in [0.15, 0.2) is 36.4 Å². The molecule has 0 saturated carbocycles. The molecule has 2 aromatic carbocycles. The Bertz CT molecular complexity index is 1480. The van der Waals surface area contributed by atoms with E-state index >= 15 is 0 Å². The van der Waals surface area contributed by atoms with Crippen molar-refractivity contribution in [3.63, 3.8) is 0 Å². The monoisotopic (exact) mass is 537 g/mol. The fourth-order valence-electron chi connectivity index (χ4n) is 3.05. The number of imide groups is 1. The number of carbonyl (C=O) groups is 4. The number of nitro groups is 1. The maximum absolute atomic E-state index is 13.0. The zero-order chi connectivity index (χ0) is 27.7. The lowest BCUT2D eigenvalue weighted by atomic mass is 10.1. The van der Waals surface area contributed by atoms with Crippen LogP contribution in [0.5, 0.6) is 0 Å². The Morgan fingerprint density at radius 1 is 1.05 bits per heavy atom. The lowest BCUT2D eigenvalue weighted by molar-refractivity contribution is -0.384. The van der Waals surface area contributed by atoms with Crippen LogP contribution in [0.3, 0.4) is 0 Å². The molecular weight excluding hydrogens is 523 g/mol. The number of alkyl halides is 3. The molecule has 0 unspecified atom stereocenters. The van der Waals surface area contributed by atoms with Gasteiger partial charge in [-0.05, 0) is 24.3 Å². The zero-order valence-corrected chi connectivity index (χ0v) is 19.7. The number of carbonyl (C=O) groups excluding carboxylic acids is 4. The van der Waals surface area contributed by atoms with Gasteiger partial charge in [-0.1, -0.05) is 11.6 Å². The maximum Gasteiger partial charge on any atom is 0.416 e. The van der Waals surface area contributed by atoms with Gasteiger partial charge in [0.2, 0.25) is 5.78 Å². The van der Waals surface area contributed by atoms with E-state index in [9.17, 15) is 42.5 Å². The summed E-state index contributed by atoms with van der Waals surface area (Å²) in [4.78, 5) is 69.6. The predicted molar refractivity (Wildman–Crippen MR) is 122 cm³/mol. The van der Waals surface area contributed by atoms with Gasteiger partial charge in [-0.25, -0.2) is 9.97 Å². The second-order valence-electron chi connectivity index (χ2n) is 7.72. The van der Waals surface area contributed by atoms with E-state index in [-0.39, 0.29) is 28.1 Å². The number of hydrogen-bond donors (Lipinski definition) is 1. The van der Waals surface area contributed by atoms with Crippen molar-refractivity contribution in [2.24, 2.45) is 0 Å². The molecule has 3 rings (SSSR count). The van der Waals surface area contributed by atoms with E-state index in [0.29, 0.717) is 12.1 Å². The second kappa shape index (κ2) is 10.3. The van der Waals surface area contributed by atoms with Crippen molar-refractivity contribution in [3.8, 4) is 0 Å². The number of Topliss-reactive ketones (excluding diaryl/α,β-unsaturated/α-hetero) is 1. The molecule has 0 fully saturated rings. The second-order valence-corrected chi connectivity index (χ2v) is 8.13. The normalized spacial score (nSPS) is 11.2. The molecule has 15 heteroatoms. The van der Waals surface area contributed by atoms with Crippen LogP contribution in [0.1, 0.15) is 32.1 Å². The number of benzene rings is 2. The van der Waals surface area contributed by atoms with E-state index in [2.05, 4.69) is 9.97 Å². The molecule has 3 aromatic rings. The molecule has 1 N–H and O–H groups in total. The van der Waals surface area contributed by atoms with Crippen LogP contribution in [-0.4, -0.2) is 57.4 Å². The Morgan fingerprint density at radius 2 is 1.73 bits per heavy atom. The number of amides is 3. The molecule has 1 heterocycles. The summed E-state index contributed by atoms with van der Waals surface area (Å²) in [5.41, 5.74) is -2.80. The van der Waals surface area contributed by atoms with Gasteiger partial charge in [0.15, 0.2) is 5.69 Å². The van der Waals surface area contributed by atoms with Crippen LogP contribution in [0.2, 0.25) is 5.02 Å². The molecule has 37 heavy (non-hydrogen) atoms. The summed E-state index contributed by atoms with van der Waals surface area (Å²) < 4.78 is 38.9. The zero-order valence-electron chi connectivity index (χ0n) is 18.9. The molecule has 0 spiro atoms. The summed E-state index contributed by atoms with van der Waals surface area (Å²) in [5, 5.41) is 12.3. The molecule has 0 atom stereocenters. The molecule has 11 nitrogen and oxygen atoms in total. The van der Waals surface area contributed by atoms with Crippen LogP contribution < -0.4 is 5.32 Å². The van der Waals surface area contributed by atoms with Crippen molar-refractivity contribution in [2.45, 2.75) is 12.6 Å². The quantitative estimate of drug-likeness (QED) is 0.286. The largest absolute Gasteiger partial charge is 0.416 e. The summed E-state index contributed by atoms with van der Waals surface area (Å²) in [6, 6.07) is 5.32. The van der Waals surface area contributed by atoms with Crippen molar-refractivity contribution < 1.29 is 37.3 Å². The van der Waals surface area contributed by atoms with Crippen LogP contribution in [0.25, 0.3) is 11.0 Å². The highest BCUT2D eigenvalue weighted by molar-refractivity contribution is 6.41. The molecule has 0 bridgehead atoms. The van der Waals surface area contributed by atoms with Gasteiger partial charge in [0.25, 0.3) is 23.4 Å². The summed E-state index contributed by atoms with van der Waals surface area (Å²) in [6.07, 6.45) is -5.64. The van der Waals surface area contributed by atoms with E-state index in [1.54, 1.807) is 5.32 Å². The van der Waals surface area contributed by atoms with Gasteiger partial charge in [-0.2, -0.15) is 13.2 Å². The standard InChI is InChI=1S/C22H15ClF3N5O6/c1-30(2)21(35)18-16(27-15-8-11(31(36)37)4-6-14(15)28-18)9-17(32)20(34)29-19(33)12-7-10(22(24,25)26)3-5-13(12)23/h3-8H,9H2,1-2H3,(H,29,33,34). The number of non-ortho nitro benzene ring substituents is 1. The van der Waals surface area contributed by atoms with Gasteiger partial charge in [0.1, 0.15) is 0 Å². The first-order valence-corrected chi connectivity index (χ1v) is 10.5. The van der Waals surface area contributed by atoms with Gasteiger partial charge in [0, 0.05) is 26.2 Å². The fourth-order valence-corrected chi connectivity index (χ4v) is 3.25. The van der Waals surface area contributed by atoms with Crippen molar-refractivity contribution in [2.75, 3.05) is 14.1 Å². The van der Waals surface area contributed by atoms with Gasteiger partial charge in [0.05, 0.1) is 44.2 Å². The minimum atomic E-state index is -4.79. The molecule has 0 aliphatic carbocycles. The first-order valence-electron chi connectivity index (χ1n) is 10.1. The molecule has 1 aromatic heterocycles. The van der Waals surface area contributed by atoms with Crippen molar-refractivity contribution in [3.05, 3.63) is 74.0 Å². The fraction of sp³-hybridized carbons (Fsp3) is 0.182. The summed E-state index contributed by atoms with van der Waals surface area (Å²) >= 11 is 5.78. The summed E-state index contributed by atoms with van der Waals surface area (Å²) in [6.45, 7) is 0.